The minimum Gasteiger partial charge on any atom is -0.444 e. The number of carbonyl (C=O) groups is 1. The molecule has 0 radical (unpaired) electrons. The van der Waals surface area contributed by atoms with E-state index in [1.165, 1.54) is 19.3 Å². The molecule has 1 aromatic carbocycles. The molecule has 138 valence electrons. The van der Waals surface area contributed by atoms with Gasteiger partial charge in [0.05, 0.1) is 6.54 Å². The summed E-state index contributed by atoms with van der Waals surface area (Å²) < 4.78 is 5.23. The summed E-state index contributed by atoms with van der Waals surface area (Å²) in [7, 11) is 0. The van der Waals surface area contributed by atoms with Crippen LogP contribution in [-0.4, -0.2) is 48.7 Å². The Labute approximate surface area is 150 Å². The molecule has 2 rings (SSSR count). The van der Waals surface area contributed by atoms with Gasteiger partial charge in [0.2, 0.25) is 0 Å². The lowest BCUT2D eigenvalue weighted by Gasteiger charge is -2.30. The predicted molar refractivity (Wildman–Crippen MR) is 102 cm³/mol. The van der Waals surface area contributed by atoms with Crippen LogP contribution < -0.4 is 10.6 Å². The van der Waals surface area contributed by atoms with Crippen LogP contribution in [0.25, 0.3) is 0 Å². The Morgan fingerprint density at radius 1 is 1.16 bits per heavy atom. The Morgan fingerprint density at radius 2 is 1.84 bits per heavy atom. The SMILES string of the molecule is CC(C)(C)OC(=O)NCCN=C(Nc1ccccc1)N1CCCCC1. The van der Waals surface area contributed by atoms with Gasteiger partial charge in [0.15, 0.2) is 5.96 Å². The fourth-order valence-electron chi connectivity index (χ4n) is 2.61. The molecule has 0 atom stereocenters. The average molecular weight is 346 g/mol. The van der Waals surface area contributed by atoms with Crippen LogP contribution >= 0.6 is 0 Å². The van der Waals surface area contributed by atoms with Crippen LogP contribution in [0.15, 0.2) is 35.3 Å². The summed E-state index contributed by atoms with van der Waals surface area (Å²) >= 11 is 0. The molecule has 6 nitrogen and oxygen atoms in total. The number of piperidine rings is 1. The Kier molecular flexibility index (Phi) is 7.10. The Bertz CT molecular complexity index is 561. The van der Waals surface area contributed by atoms with Gasteiger partial charge in [-0.15, -0.1) is 0 Å². The fourth-order valence-corrected chi connectivity index (χ4v) is 2.61. The van der Waals surface area contributed by atoms with Gasteiger partial charge in [-0.3, -0.25) is 4.99 Å². The number of para-hydroxylation sites is 1. The minimum atomic E-state index is -0.485. The van der Waals surface area contributed by atoms with Crippen LogP contribution in [0.5, 0.6) is 0 Å². The molecule has 0 unspecified atom stereocenters. The van der Waals surface area contributed by atoms with E-state index in [0.717, 1.165) is 24.7 Å². The molecule has 0 saturated carbocycles. The van der Waals surface area contributed by atoms with E-state index in [0.29, 0.717) is 13.1 Å². The van der Waals surface area contributed by atoms with Gasteiger partial charge in [-0.05, 0) is 52.2 Å². The van der Waals surface area contributed by atoms with Gasteiger partial charge in [0.25, 0.3) is 0 Å². The van der Waals surface area contributed by atoms with Gasteiger partial charge in [-0.25, -0.2) is 4.79 Å². The first-order valence-electron chi connectivity index (χ1n) is 9.02. The first kappa shape index (κ1) is 19.1. The van der Waals surface area contributed by atoms with Gasteiger partial charge in [-0.2, -0.15) is 0 Å². The lowest BCUT2D eigenvalue weighted by atomic mass is 10.1. The highest BCUT2D eigenvalue weighted by Crippen LogP contribution is 2.12. The lowest BCUT2D eigenvalue weighted by Crippen LogP contribution is -2.40. The second-order valence-corrected chi connectivity index (χ2v) is 7.17. The maximum Gasteiger partial charge on any atom is 0.407 e. The van der Waals surface area contributed by atoms with Gasteiger partial charge >= 0.3 is 6.09 Å². The molecule has 0 bridgehead atoms. The Morgan fingerprint density at radius 3 is 2.48 bits per heavy atom. The maximum atomic E-state index is 11.7. The Balaban J connectivity index is 1.90. The van der Waals surface area contributed by atoms with Crippen molar-refractivity contribution in [2.75, 3.05) is 31.5 Å². The molecule has 1 heterocycles. The van der Waals surface area contributed by atoms with Crippen LogP contribution in [0.4, 0.5) is 10.5 Å². The highest BCUT2D eigenvalue weighted by atomic mass is 16.6. The molecule has 1 aliphatic rings. The number of anilines is 1. The van der Waals surface area contributed by atoms with Crippen molar-refractivity contribution in [3.05, 3.63) is 30.3 Å². The van der Waals surface area contributed by atoms with Crippen molar-refractivity contribution in [3.63, 3.8) is 0 Å². The number of ether oxygens (including phenoxy) is 1. The molecule has 1 aromatic rings. The van der Waals surface area contributed by atoms with E-state index in [1.807, 2.05) is 51.1 Å². The molecular weight excluding hydrogens is 316 g/mol. The van der Waals surface area contributed by atoms with E-state index in [9.17, 15) is 4.79 Å². The van der Waals surface area contributed by atoms with Gasteiger partial charge in [0, 0.05) is 25.3 Å². The number of guanidine groups is 1. The number of benzene rings is 1. The Hall–Kier alpha value is -2.24. The number of likely N-dealkylation sites (tertiary alicyclic amines) is 1. The minimum absolute atomic E-state index is 0.404. The van der Waals surface area contributed by atoms with Crippen molar-refractivity contribution in [3.8, 4) is 0 Å². The summed E-state index contributed by atoms with van der Waals surface area (Å²) in [4.78, 5) is 18.6. The summed E-state index contributed by atoms with van der Waals surface area (Å²) in [5.74, 6) is 0.872. The number of alkyl carbamates (subject to hydrolysis) is 1. The van der Waals surface area contributed by atoms with Crippen molar-refractivity contribution in [1.29, 1.82) is 0 Å². The predicted octanol–water partition coefficient (Wildman–Crippen LogP) is 3.47. The molecular formula is C19H30N4O2. The largest absolute Gasteiger partial charge is 0.444 e. The topological polar surface area (TPSA) is 66.0 Å². The quantitative estimate of drug-likeness (QED) is 0.498. The standard InChI is InChI=1S/C19H30N4O2/c1-19(2,3)25-18(24)21-13-12-20-17(23-14-8-5-9-15-23)22-16-10-6-4-7-11-16/h4,6-7,10-11H,5,8-9,12-15H2,1-3H3,(H,20,22)(H,21,24). The van der Waals surface area contributed by atoms with Gasteiger partial charge < -0.3 is 20.3 Å². The number of rotatable bonds is 4. The number of nitrogens with zero attached hydrogens (tertiary/aromatic N) is 2. The molecule has 1 saturated heterocycles. The second kappa shape index (κ2) is 9.30. The molecule has 2 N–H and O–H groups in total. The molecule has 1 amide bonds. The van der Waals surface area contributed by atoms with Crippen LogP contribution in [0.1, 0.15) is 40.0 Å². The monoisotopic (exact) mass is 346 g/mol. The van der Waals surface area contributed by atoms with E-state index < -0.39 is 11.7 Å². The molecule has 1 fully saturated rings. The number of aliphatic imine (C=N–C) groups is 1. The number of hydrogen-bond donors (Lipinski definition) is 2. The van der Waals surface area contributed by atoms with Crippen LogP contribution in [-0.2, 0) is 4.74 Å². The summed E-state index contributed by atoms with van der Waals surface area (Å²) in [5, 5.41) is 6.15. The van der Waals surface area contributed by atoms with Crippen molar-refractivity contribution in [1.82, 2.24) is 10.2 Å². The molecule has 1 aliphatic heterocycles. The molecule has 0 aliphatic carbocycles. The number of hydrogen-bond acceptors (Lipinski definition) is 3. The molecule has 0 spiro atoms. The number of amides is 1. The van der Waals surface area contributed by atoms with E-state index in [4.69, 9.17) is 4.74 Å². The highest BCUT2D eigenvalue weighted by Gasteiger charge is 2.16. The van der Waals surface area contributed by atoms with Crippen molar-refractivity contribution < 1.29 is 9.53 Å². The zero-order chi connectivity index (χ0) is 18.1. The number of carbonyl (C=O) groups excluding carboxylic acids is 1. The van der Waals surface area contributed by atoms with E-state index >= 15 is 0 Å². The zero-order valence-electron chi connectivity index (χ0n) is 15.5. The third-order valence-corrected chi connectivity index (χ3v) is 3.73. The van der Waals surface area contributed by atoms with Crippen molar-refractivity contribution in [2.24, 2.45) is 4.99 Å². The smallest absolute Gasteiger partial charge is 0.407 e. The molecule has 6 heteroatoms. The third-order valence-electron chi connectivity index (χ3n) is 3.73. The third kappa shape index (κ3) is 7.45. The fraction of sp³-hybridized carbons (Fsp3) is 0.579. The van der Waals surface area contributed by atoms with E-state index in [2.05, 4.69) is 20.5 Å². The molecule has 0 aromatic heterocycles. The van der Waals surface area contributed by atoms with Crippen LogP contribution in [0.2, 0.25) is 0 Å². The summed E-state index contributed by atoms with van der Waals surface area (Å²) in [6.07, 6.45) is 3.24. The average Bonchev–Trinajstić information content (AvgIpc) is 2.58. The molecule has 25 heavy (non-hydrogen) atoms. The normalized spacial score (nSPS) is 15.6. The first-order chi connectivity index (χ1) is 11.9. The summed E-state index contributed by atoms with van der Waals surface area (Å²) in [5.41, 5.74) is 0.535. The van der Waals surface area contributed by atoms with Crippen molar-refractivity contribution in [2.45, 2.75) is 45.6 Å². The first-order valence-corrected chi connectivity index (χ1v) is 9.02. The van der Waals surface area contributed by atoms with Crippen LogP contribution in [0.3, 0.4) is 0 Å². The highest BCUT2D eigenvalue weighted by molar-refractivity contribution is 5.93. The van der Waals surface area contributed by atoms with Gasteiger partial charge in [-0.1, -0.05) is 18.2 Å². The lowest BCUT2D eigenvalue weighted by molar-refractivity contribution is 0.0529. The number of nitrogens with one attached hydrogen (secondary N) is 2. The van der Waals surface area contributed by atoms with E-state index in [1.54, 1.807) is 0 Å². The second-order valence-electron chi connectivity index (χ2n) is 7.17. The summed E-state index contributed by atoms with van der Waals surface area (Å²) in [6.45, 7) is 8.53. The zero-order valence-corrected chi connectivity index (χ0v) is 15.5. The van der Waals surface area contributed by atoms with E-state index in [-0.39, 0.29) is 0 Å². The summed E-state index contributed by atoms with van der Waals surface area (Å²) in [6, 6.07) is 10.0. The maximum absolute atomic E-state index is 11.7. The van der Waals surface area contributed by atoms with Crippen LogP contribution in [0, 0.1) is 0 Å². The van der Waals surface area contributed by atoms with Gasteiger partial charge in [0.1, 0.15) is 5.60 Å². The van der Waals surface area contributed by atoms with Crippen molar-refractivity contribution >= 4 is 17.7 Å².